The fraction of sp³-hybridized carbons (Fsp3) is 0.400. The predicted molar refractivity (Wildman–Crippen MR) is 57.2 cm³/mol. The third-order valence-corrected chi connectivity index (χ3v) is 1.82. The molecule has 3 N–H and O–H groups in total. The van der Waals surface area contributed by atoms with E-state index in [4.69, 9.17) is 10.5 Å². The number of pyridine rings is 1. The van der Waals surface area contributed by atoms with Gasteiger partial charge in [-0.2, -0.15) is 0 Å². The number of carbonyl (C=O) groups is 1. The topological polar surface area (TPSA) is 77.2 Å². The summed E-state index contributed by atoms with van der Waals surface area (Å²) >= 11 is 0. The van der Waals surface area contributed by atoms with Gasteiger partial charge in [-0.05, 0) is 12.1 Å². The van der Waals surface area contributed by atoms with E-state index in [9.17, 15) is 4.79 Å². The number of rotatable bonds is 5. The first-order valence-corrected chi connectivity index (χ1v) is 4.68. The van der Waals surface area contributed by atoms with Crippen LogP contribution in [0.1, 0.15) is 5.69 Å². The van der Waals surface area contributed by atoms with Gasteiger partial charge < -0.3 is 15.8 Å². The average molecular weight is 209 g/mol. The van der Waals surface area contributed by atoms with Gasteiger partial charge in [-0.3, -0.25) is 9.78 Å². The van der Waals surface area contributed by atoms with Gasteiger partial charge in [-0.15, -0.1) is 0 Å². The third kappa shape index (κ3) is 4.42. The van der Waals surface area contributed by atoms with Crippen molar-refractivity contribution in [2.45, 2.75) is 6.42 Å². The fourth-order valence-electron chi connectivity index (χ4n) is 1.06. The smallest absolute Gasteiger partial charge is 0.226 e. The Morgan fingerprint density at radius 3 is 3.00 bits per heavy atom. The lowest BCUT2D eigenvalue weighted by molar-refractivity contribution is -0.120. The molecule has 0 fully saturated rings. The van der Waals surface area contributed by atoms with Crippen molar-refractivity contribution >= 4 is 11.6 Å². The molecule has 82 valence electrons. The molecule has 0 atom stereocenters. The summed E-state index contributed by atoms with van der Waals surface area (Å²) in [6.07, 6.45) is 1.81. The van der Waals surface area contributed by atoms with E-state index in [2.05, 4.69) is 10.3 Å². The molecule has 1 amide bonds. The molecule has 1 aromatic heterocycles. The molecule has 1 aromatic rings. The Balaban J connectivity index is 2.34. The number of amides is 1. The van der Waals surface area contributed by atoms with Gasteiger partial charge in [0.1, 0.15) is 0 Å². The molecule has 5 heteroatoms. The van der Waals surface area contributed by atoms with Crippen molar-refractivity contribution in [1.29, 1.82) is 0 Å². The van der Waals surface area contributed by atoms with Crippen molar-refractivity contribution in [3.8, 4) is 0 Å². The zero-order valence-corrected chi connectivity index (χ0v) is 8.69. The van der Waals surface area contributed by atoms with E-state index in [1.165, 1.54) is 6.20 Å². The minimum atomic E-state index is -0.0654. The zero-order valence-electron chi connectivity index (χ0n) is 8.69. The zero-order chi connectivity index (χ0) is 11.1. The number of nitrogens with two attached hydrogens (primary N) is 1. The molecule has 15 heavy (non-hydrogen) atoms. The SMILES string of the molecule is COCCNC(=O)Cc1ccc(N)cn1. The van der Waals surface area contributed by atoms with Crippen LogP contribution >= 0.6 is 0 Å². The van der Waals surface area contributed by atoms with E-state index in [1.807, 2.05) is 0 Å². The Morgan fingerprint density at radius 2 is 2.40 bits per heavy atom. The summed E-state index contributed by atoms with van der Waals surface area (Å²) in [4.78, 5) is 15.4. The van der Waals surface area contributed by atoms with Crippen molar-refractivity contribution in [2.75, 3.05) is 26.0 Å². The van der Waals surface area contributed by atoms with Gasteiger partial charge >= 0.3 is 0 Å². The highest BCUT2D eigenvalue weighted by Crippen LogP contribution is 2.01. The molecule has 5 nitrogen and oxygen atoms in total. The van der Waals surface area contributed by atoms with Crippen molar-refractivity contribution in [1.82, 2.24) is 10.3 Å². The van der Waals surface area contributed by atoms with E-state index in [1.54, 1.807) is 19.2 Å². The van der Waals surface area contributed by atoms with Crippen LogP contribution in [0.2, 0.25) is 0 Å². The van der Waals surface area contributed by atoms with Crippen LogP contribution in [-0.2, 0) is 16.0 Å². The Hall–Kier alpha value is -1.62. The molecular weight excluding hydrogens is 194 g/mol. The highest BCUT2D eigenvalue weighted by molar-refractivity contribution is 5.78. The number of hydrogen-bond donors (Lipinski definition) is 2. The standard InChI is InChI=1S/C10H15N3O2/c1-15-5-4-12-10(14)6-9-3-2-8(11)7-13-9/h2-3,7H,4-6,11H2,1H3,(H,12,14). The number of nitrogen functional groups attached to an aromatic ring is 1. The highest BCUT2D eigenvalue weighted by atomic mass is 16.5. The van der Waals surface area contributed by atoms with Gasteiger partial charge in [-0.25, -0.2) is 0 Å². The number of hydrogen-bond acceptors (Lipinski definition) is 4. The number of ether oxygens (including phenoxy) is 1. The van der Waals surface area contributed by atoms with Gasteiger partial charge in [-0.1, -0.05) is 0 Å². The first kappa shape index (κ1) is 11.5. The van der Waals surface area contributed by atoms with Crippen molar-refractivity contribution in [2.24, 2.45) is 0 Å². The molecule has 0 bridgehead atoms. The largest absolute Gasteiger partial charge is 0.397 e. The summed E-state index contributed by atoms with van der Waals surface area (Å²) in [5.41, 5.74) is 6.78. The number of carbonyl (C=O) groups excluding carboxylic acids is 1. The summed E-state index contributed by atoms with van der Waals surface area (Å²) in [5.74, 6) is -0.0654. The van der Waals surface area contributed by atoms with Crippen LogP contribution in [0.25, 0.3) is 0 Å². The monoisotopic (exact) mass is 209 g/mol. The van der Waals surface area contributed by atoms with Gasteiger partial charge in [0.15, 0.2) is 0 Å². The van der Waals surface area contributed by atoms with Crippen molar-refractivity contribution < 1.29 is 9.53 Å². The van der Waals surface area contributed by atoms with Gasteiger partial charge in [0.05, 0.1) is 24.9 Å². The number of aromatic nitrogens is 1. The first-order chi connectivity index (χ1) is 7.22. The van der Waals surface area contributed by atoms with Crippen LogP contribution in [0.3, 0.4) is 0 Å². The first-order valence-electron chi connectivity index (χ1n) is 4.68. The van der Waals surface area contributed by atoms with Crippen LogP contribution in [0.5, 0.6) is 0 Å². The predicted octanol–water partition coefficient (Wildman–Crippen LogP) is -0.0311. The van der Waals surface area contributed by atoms with E-state index < -0.39 is 0 Å². The van der Waals surface area contributed by atoms with Gasteiger partial charge in [0, 0.05) is 19.3 Å². The van der Waals surface area contributed by atoms with Crippen LogP contribution in [0.15, 0.2) is 18.3 Å². The van der Waals surface area contributed by atoms with Crippen molar-refractivity contribution in [3.63, 3.8) is 0 Å². The molecule has 0 saturated heterocycles. The van der Waals surface area contributed by atoms with Crippen LogP contribution < -0.4 is 11.1 Å². The van der Waals surface area contributed by atoms with Crippen LogP contribution in [0, 0.1) is 0 Å². The Labute approximate surface area is 88.6 Å². The molecule has 0 aromatic carbocycles. The lowest BCUT2D eigenvalue weighted by Gasteiger charge is -2.03. The molecule has 0 saturated carbocycles. The molecule has 0 aliphatic rings. The van der Waals surface area contributed by atoms with Crippen LogP contribution in [-0.4, -0.2) is 31.2 Å². The molecule has 1 rings (SSSR count). The Bertz CT molecular complexity index is 311. The molecule has 0 aliphatic carbocycles. The Kier molecular flexibility index (Phi) is 4.56. The van der Waals surface area contributed by atoms with E-state index in [0.717, 1.165) is 0 Å². The molecule has 0 aliphatic heterocycles. The molecule has 1 heterocycles. The third-order valence-electron chi connectivity index (χ3n) is 1.82. The summed E-state index contributed by atoms with van der Waals surface area (Å²) in [5, 5.41) is 2.71. The number of nitrogens with zero attached hydrogens (tertiary/aromatic N) is 1. The normalized spacial score (nSPS) is 9.93. The average Bonchev–Trinajstić information content (AvgIpc) is 2.22. The summed E-state index contributed by atoms with van der Waals surface area (Å²) in [7, 11) is 1.59. The lowest BCUT2D eigenvalue weighted by Crippen LogP contribution is -2.28. The van der Waals surface area contributed by atoms with Gasteiger partial charge in [0.25, 0.3) is 0 Å². The second-order valence-electron chi connectivity index (χ2n) is 3.10. The summed E-state index contributed by atoms with van der Waals surface area (Å²) in [6.45, 7) is 1.03. The summed E-state index contributed by atoms with van der Waals surface area (Å²) in [6, 6.07) is 3.47. The quantitative estimate of drug-likeness (QED) is 0.667. The second kappa shape index (κ2) is 5.98. The van der Waals surface area contributed by atoms with E-state index >= 15 is 0 Å². The van der Waals surface area contributed by atoms with E-state index in [0.29, 0.717) is 24.5 Å². The van der Waals surface area contributed by atoms with Crippen molar-refractivity contribution in [3.05, 3.63) is 24.0 Å². The minimum absolute atomic E-state index is 0.0654. The van der Waals surface area contributed by atoms with E-state index in [-0.39, 0.29) is 12.3 Å². The minimum Gasteiger partial charge on any atom is -0.397 e. The fourth-order valence-corrected chi connectivity index (χ4v) is 1.06. The maximum atomic E-state index is 11.3. The van der Waals surface area contributed by atoms with Crippen LogP contribution in [0.4, 0.5) is 5.69 Å². The number of anilines is 1. The lowest BCUT2D eigenvalue weighted by atomic mass is 10.2. The molecule has 0 spiro atoms. The molecule has 0 unspecified atom stereocenters. The van der Waals surface area contributed by atoms with Gasteiger partial charge in [0.2, 0.25) is 5.91 Å². The molecular formula is C10H15N3O2. The maximum absolute atomic E-state index is 11.3. The second-order valence-corrected chi connectivity index (χ2v) is 3.10. The molecule has 0 radical (unpaired) electrons. The highest BCUT2D eigenvalue weighted by Gasteiger charge is 2.03. The summed E-state index contributed by atoms with van der Waals surface area (Å²) < 4.78 is 4.81. The number of methoxy groups -OCH3 is 1. The Morgan fingerprint density at radius 1 is 1.60 bits per heavy atom. The maximum Gasteiger partial charge on any atom is 0.226 e. The number of nitrogens with one attached hydrogen (secondary N) is 1.